The number of H-pyrrole nitrogens is 1. The lowest BCUT2D eigenvalue weighted by atomic mass is 9.86. The molecular formula is C12H15NO2. The van der Waals surface area contributed by atoms with Gasteiger partial charge in [0.15, 0.2) is 5.58 Å². The van der Waals surface area contributed by atoms with Gasteiger partial charge in [0.2, 0.25) is 0 Å². The minimum atomic E-state index is -0.390. The molecule has 0 saturated carbocycles. The van der Waals surface area contributed by atoms with E-state index >= 15 is 0 Å². The predicted molar refractivity (Wildman–Crippen MR) is 60.3 cm³/mol. The Hall–Kier alpha value is -1.51. The van der Waals surface area contributed by atoms with Crippen LogP contribution in [0.2, 0.25) is 0 Å². The lowest BCUT2D eigenvalue weighted by Crippen LogP contribution is -2.11. The Morgan fingerprint density at radius 2 is 1.93 bits per heavy atom. The van der Waals surface area contributed by atoms with Crippen molar-refractivity contribution >= 4 is 11.1 Å². The first-order chi connectivity index (χ1) is 6.88. The van der Waals surface area contributed by atoms with Crippen LogP contribution in [-0.4, -0.2) is 4.98 Å². The molecule has 0 unspecified atom stereocenters. The normalized spacial score (nSPS) is 12.3. The molecule has 15 heavy (non-hydrogen) atoms. The molecule has 1 aromatic carbocycles. The summed E-state index contributed by atoms with van der Waals surface area (Å²) >= 11 is 0. The average molecular weight is 205 g/mol. The zero-order chi connectivity index (χ0) is 11.2. The molecular weight excluding hydrogens is 190 g/mol. The molecule has 0 aliphatic rings. The zero-order valence-electron chi connectivity index (χ0n) is 9.47. The third-order valence-electron chi connectivity index (χ3n) is 2.57. The molecule has 2 aromatic rings. The second-order valence-electron chi connectivity index (χ2n) is 4.93. The SMILES string of the molecule is Cc1cc(C(C)(C)C)cc2[nH]c(=O)oc12. The van der Waals surface area contributed by atoms with Crippen molar-refractivity contribution in [1.29, 1.82) is 0 Å². The maximum Gasteiger partial charge on any atom is 0.417 e. The summed E-state index contributed by atoms with van der Waals surface area (Å²) in [5.74, 6) is -0.390. The van der Waals surface area contributed by atoms with Gasteiger partial charge in [0, 0.05) is 0 Å². The molecule has 0 saturated heterocycles. The Morgan fingerprint density at radius 1 is 1.27 bits per heavy atom. The van der Waals surface area contributed by atoms with Gasteiger partial charge in [0.25, 0.3) is 0 Å². The van der Waals surface area contributed by atoms with Gasteiger partial charge >= 0.3 is 5.76 Å². The highest BCUT2D eigenvalue weighted by Crippen LogP contribution is 2.27. The van der Waals surface area contributed by atoms with Gasteiger partial charge in [-0.2, -0.15) is 0 Å². The van der Waals surface area contributed by atoms with Crippen molar-refractivity contribution < 1.29 is 4.42 Å². The largest absolute Gasteiger partial charge is 0.417 e. The third-order valence-corrected chi connectivity index (χ3v) is 2.57. The third kappa shape index (κ3) is 1.69. The minimum Gasteiger partial charge on any atom is -0.408 e. The van der Waals surface area contributed by atoms with Crippen LogP contribution in [0.5, 0.6) is 0 Å². The van der Waals surface area contributed by atoms with Crippen LogP contribution < -0.4 is 5.76 Å². The zero-order valence-corrected chi connectivity index (χ0v) is 9.47. The molecule has 1 N–H and O–H groups in total. The average Bonchev–Trinajstić information content (AvgIpc) is 2.44. The maximum absolute atomic E-state index is 11.1. The van der Waals surface area contributed by atoms with E-state index < -0.39 is 0 Å². The number of hydrogen-bond donors (Lipinski definition) is 1. The van der Waals surface area contributed by atoms with Crippen molar-refractivity contribution in [2.24, 2.45) is 0 Å². The lowest BCUT2D eigenvalue weighted by molar-refractivity contribution is 0.552. The van der Waals surface area contributed by atoms with E-state index in [1.54, 1.807) is 0 Å². The Balaban J connectivity index is 2.78. The summed E-state index contributed by atoms with van der Waals surface area (Å²) in [7, 11) is 0. The molecule has 3 nitrogen and oxygen atoms in total. The summed E-state index contributed by atoms with van der Waals surface area (Å²) in [5, 5.41) is 0. The molecule has 1 aromatic heterocycles. The van der Waals surface area contributed by atoms with E-state index in [0.717, 1.165) is 11.1 Å². The van der Waals surface area contributed by atoms with Crippen LogP contribution in [0.15, 0.2) is 21.3 Å². The van der Waals surface area contributed by atoms with Crippen molar-refractivity contribution in [2.75, 3.05) is 0 Å². The van der Waals surface area contributed by atoms with Gasteiger partial charge in [-0.05, 0) is 29.5 Å². The highest BCUT2D eigenvalue weighted by atomic mass is 16.4. The molecule has 0 spiro atoms. The molecule has 0 aliphatic heterocycles. The van der Waals surface area contributed by atoms with E-state index in [1.165, 1.54) is 5.56 Å². The fourth-order valence-corrected chi connectivity index (χ4v) is 1.66. The van der Waals surface area contributed by atoms with Crippen LogP contribution in [0.25, 0.3) is 11.1 Å². The predicted octanol–water partition coefficient (Wildman–Crippen LogP) is 2.73. The van der Waals surface area contributed by atoms with E-state index in [9.17, 15) is 4.79 Å². The first kappa shape index (κ1) is 10.0. The number of oxazole rings is 1. The van der Waals surface area contributed by atoms with Crippen molar-refractivity contribution in [3.8, 4) is 0 Å². The fourth-order valence-electron chi connectivity index (χ4n) is 1.66. The number of hydrogen-bond acceptors (Lipinski definition) is 2. The van der Waals surface area contributed by atoms with Crippen molar-refractivity contribution in [2.45, 2.75) is 33.1 Å². The van der Waals surface area contributed by atoms with Gasteiger partial charge in [-0.3, -0.25) is 4.98 Å². The van der Waals surface area contributed by atoms with E-state index in [1.807, 2.05) is 13.0 Å². The van der Waals surface area contributed by atoms with Gasteiger partial charge in [-0.15, -0.1) is 0 Å². The summed E-state index contributed by atoms with van der Waals surface area (Å²) in [6, 6.07) is 4.05. The molecule has 1 heterocycles. The highest BCUT2D eigenvalue weighted by Gasteiger charge is 2.16. The van der Waals surface area contributed by atoms with Crippen molar-refractivity contribution in [3.63, 3.8) is 0 Å². The summed E-state index contributed by atoms with van der Waals surface area (Å²) in [6.45, 7) is 8.39. The lowest BCUT2D eigenvalue weighted by Gasteiger charge is -2.19. The van der Waals surface area contributed by atoms with Crippen molar-refractivity contribution in [3.05, 3.63) is 33.8 Å². The van der Waals surface area contributed by atoms with Crippen LogP contribution in [0.1, 0.15) is 31.9 Å². The van der Waals surface area contributed by atoms with Crippen LogP contribution >= 0.6 is 0 Å². The fraction of sp³-hybridized carbons (Fsp3) is 0.417. The first-order valence-electron chi connectivity index (χ1n) is 5.02. The number of aryl methyl sites for hydroxylation is 1. The van der Waals surface area contributed by atoms with Gasteiger partial charge in [0.1, 0.15) is 0 Å². The first-order valence-corrected chi connectivity index (χ1v) is 5.02. The van der Waals surface area contributed by atoms with Gasteiger partial charge < -0.3 is 4.42 Å². The molecule has 0 atom stereocenters. The van der Waals surface area contributed by atoms with E-state index in [0.29, 0.717) is 5.58 Å². The standard InChI is InChI=1S/C12H15NO2/c1-7-5-8(12(2,3)4)6-9-10(7)15-11(14)13-9/h5-6H,1-4H3,(H,13,14). The van der Waals surface area contributed by atoms with Gasteiger partial charge in [0.05, 0.1) is 5.52 Å². The highest BCUT2D eigenvalue weighted by molar-refractivity contribution is 5.77. The number of aromatic amines is 1. The smallest absolute Gasteiger partial charge is 0.408 e. The Labute approximate surface area is 88.1 Å². The van der Waals surface area contributed by atoms with E-state index in [2.05, 4.69) is 31.8 Å². The molecule has 0 amide bonds. The van der Waals surface area contributed by atoms with E-state index in [-0.39, 0.29) is 11.2 Å². The topological polar surface area (TPSA) is 46.0 Å². The van der Waals surface area contributed by atoms with Gasteiger partial charge in [-0.1, -0.05) is 26.8 Å². The Bertz CT molecular complexity index is 555. The quantitative estimate of drug-likeness (QED) is 0.718. The number of benzene rings is 1. The number of rotatable bonds is 0. The van der Waals surface area contributed by atoms with Gasteiger partial charge in [-0.25, -0.2) is 4.79 Å². The maximum atomic E-state index is 11.1. The number of nitrogens with one attached hydrogen (secondary N) is 1. The number of aromatic nitrogens is 1. The second kappa shape index (κ2) is 2.99. The summed E-state index contributed by atoms with van der Waals surface area (Å²) in [4.78, 5) is 13.8. The molecule has 80 valence electrons. The van der Waals surface area contributed by atoms with Crippen LogP contribution in [0.3, 0.4) is 0 Å². The summed E-state index contributed by atoms with van der Waals surface area (Å²) in [6.07, 6.45) is 0. The minimum absolute atomic E-state index is 0.0765. The monoisotopic (exact) mass is 205 g/mol. The molecule has 0 fully saturated rings. The van der Waals surface area contributed by atoms with Crippen LogP contribution in [0.4, 0.5) is 0 Å². The molecule has 0 aliphatic carbocycles. The van der Waals surface area contributed by atoms with Crippen molar-refractivity contribution in [1.82, 2.24) is 4.98 Å². The molecule has 3 heteroatoms. The Morgan fingerprint density at radius 3 is 2.53 bits per heavy atom. The molecule has 0 radical (unpaired) electrons. The van der Waals surface area contributed by atoms with Crippen LogP contribution in [-0.2, 0) is 5.41 Å². The molecule has 0 bridgehead atoms. The van der Waals surface area contributed by atoms with E-state index in [4.69, 9.17) is 4.42 Å². The summed E-state index contributed by atoms with van der Waals surface area (Å²) in [5.41, 5.74) is 3.71. The summed E-state index contributed by atoms with van der Waals surface area (Å²) < 4.78 is 5.06. The molecule has 2 rings (SSSR count). The van der Waals surface area contributed by atoms with Crippen LogP contribution in [0, 0.1) is 6.92 Å². The Kier molecular flexibility index (Phi) is 2.00. The second-order valence-corrected chi connectivity index (χ2v) is 4.93. The number of fused-ring (bicyclic) bond motifs is 1.